The smallest absolute Gasteiger partial charge is 0.312 e. The Morgan fingerprint density at radius 3 is 2.19 bits per heavy atom. The number of carbonyl (C=O) groups is 1. The van der Waals surface area contributed by atoms with Crippen LogP contribution in [0, 0.1) is 5.92 Å². The molecule has 108 valence electrons. The summed E-state index contributed by atoms with van der Waals surface area (Å²) in [6.07, 6.45) is 0.382. The minimum absolute atomic E-state index is 0.196. The van der Waals surface area contributed by atoms with Crippen LogP contribution in [-0.2, 0) is 9.53 Å². The van der Waals surface area contributed by atoms with Gasteiger partial charge < -0.3 is 9.84 Å². The molecule has 3 atom stereocenters. The fraction of sp³-hybridized carbons (Fsp3) is 0.278. The summed E-state index contributed by atoms with van der Waals surface area (Å²) in [6, 6.07) is 19.0. The lowest BCUT2D eigenvalue weighted by atomic mass is 9.87. The Hall–Kier alpha value is -2.13. The van der Waals surface area contributed by atoms with Gasteiger partial charge in [-0.15, -0.1) is 0 Å². The number of aliphatic hydroxyl groups is 1. The molecule has 0 saturated carbocycles. The molecule has 1 heterocycles. The molecule has 3 heteroatoms. The Morgan fingerprint density at radius 2 is 1.57 bits per heavy atom. The average Bonchev–Trinajstić information content (AvgIpc) is 2.56. The molecule has 0 bridgehead atoms. The van der Waals surface area contributed by atoms with Gasteiger partial charge in [0.05, 0.1) is 12.0 Å². The lowest BCUT2D eigenvalue weighted by Gasteiger charge is -2.31. The third-order valence-corrected chi connectivity index (χ3v) is 3.99. The highest BCUT2D eigenvalue weighted by atomic mass is 16.5. The van der Waals surface area contributed by atoms with E-state index in [0.717, 1.165) is 17.5 Å². The van der Waals surface area contributed by atoms with Gasteiger partial charge in [0.15, 0.2) is 0 Å². The molecule has 3 rings (SSSR count). The van der Waals surface area contributed by atoms with Crippen molar-refractivity contribution in [3.63, 3.8) is 0 Å². The van der Waals surface area contributed by atoms with Gasteiger partial charge in [-0.05, 0) is 24.0 Å². The summed E-state index contributed by atoms with van der Waals surface area (Å²) >= 11 is 0. The maximum Gasteiger partial charge on any atom is 0.312 e. The van der Waals surface area contributed by atoms with Gasteiger partial charge in [-0.2, -0.15) is 0 Å². The molecule has 0 aliphatic carbocycles. The van der Waals surface area contributed by atoms with E-state index in [-0.39, 0.29) is 12.1 Å². The van der Waals surface area contributed by atoms with Crippen molar-refractivity contribution >= 4 is 5.97 Å². The van der Waals surface area contributed by atoms with Crippen molar-refractivity contribution in [3.8, 4) is 0 Å². The van der Waals surface area contributed by atoms with E-state index in [1.807, 2.05) is 60.7 Å². The van der Waals surface area contributed by atoms with Crippen LogP contribution in [0.5, 0.6) is 0 Å². The number of aliphatic hydroxyl groups excluding tert-OH is 1. The second-order valence-electron chi connectivity index (χ2n) is 5.38. The average molecular weight is 282 g/mol. The second-order valence-corrected chi connectivity index (χ2v) is 5.38. The summed E-state index contributed by atoms with van der Waals surface area (Å²) in [5.74, 6) is -0.793. The fourth-order valence-electron chi connectivity index (χ4n) is 2.81. The summed E-state index contributed by atoms with van der Waals surface area (Å²) in [6.45, 7) is 0. The molecule has 2 aromatic carbocycles. The molecular formula is C18H18O3. The molecule has 1 aliphatic heterocycles. The number of ether oxygens (including phenoxy) is 1. The van der Waals surface area contributed by atoms with Gasteiger partial charge >= 0.3 is 5.97 Å². The lowest BCUT2D eigenvalue weighted by Crippen LogP contribution is -2.31. The predicted molar refractivity (Wildman–Crippen MR) is 79.4 cm³/mol. The minimum Gasteiger partial charge on any atom is -0.457 e. The number of rotatable bonds is 3. The van der Waals surface area contributed by atoms with E-state index in [1.54, 1.807) is 0 Å². The normalized spacial score (nSPS) is 23.4. The first-order chi connectivity index (χ1) is 10.3. The highest BCUT2D eigenvalue weighted by Crippen LogP contribution is 2.37. The molecule has 2 aromatic rings. The monoisotopic (exact) mass is 282 g/mol. The molecule has 0 aromatic heterocycles. The molecule has 3 unspecified atom stereocenters. The summed E-state index contributed by atoms with van der Waals surface area (Å²) in [5, 5.41) is 10.4. The van der Waals surface area contributed by atoms with E-state index in [9.17, 15) is 9.90 Å². The van der Waals surface area contributed by atoms with E-state index < -0.39 is 12.0 Å². The molecule has 1 aliphatic rings. The summed E-state index contributed by atoms with van der Waals surface area (Å²) in [5.41, 5.74) is 1.77. The first-order valence-electron chi connectivity index (χ1n) is 7.24. The van der Waals surface area contributed by atoms with Gasteiger partial charge in [0.25, 0.3) is 0 Å². The van der Waals surface area contributed by atoms with E-state index in [0.29, 0.717) is 6.42 Å². The summed E-state index contributed by atoms with van der Waals surface area (Å²) < 4.78 is 5.53. The zero-order valence-corrected chi connectivity index (χ0v) is 11.7. The maximum atomic E-state index is 12.2. The molecule has 0 radical (unpaired) electrons. The van der Waals surface area contributed by atoms with Crippen LogP contribution in [0.3, 0.4) is 0 Å². The minimum atomic E-state index is -0.796. The van der Waals surface area contributed by atoms with E-state index in [4.69, 9.17) is 4.74 Å². The van der Waals surface area contributed by atoms with E-state index in [2.05, 4.69) is 0 Å². The molecule has 0 spiro atoms. The number of benzene rings is 2. The maximum absolute atomic E-state index is 12.2. The molecule has 1 N–H and O–H groups in total. The fourth-order valence-corrected chi connectivity index (χ4v) is 2.81. The van der Waals surface area contributed by atoms with Crippen molar-refractivity contribution in [2.24, 2.45) is 5.92 Å². The largest absolute Gasteiger partial charge is 0.457 e. The van der Waals surface area contributed by atoms with Crippen LogP contribution in [0.15, 0.2) is 60.7 Å². The molecule has 3 nitrogen and oxygen atoms in total. The van der Waals surface area contributed by atoms with Gasteiger partial charge in [-0.25, -0.2) is 0 Å². The van der Waals surface area contributed by atoms with Crippen LogP contribution in [0.1, 0.15) is 36.2 Å². The molecule has 1 fully saturated rings. The Balaban J connectivity index is 1.70. The van der Waals surface area contributed by atoms with E-state index >= 15 is 0 Å². The number of hydrogen-bond acceptors (Lipinski definition) is 3. The lowest BCUT2D eigenvalue weighted by molar-refractivity contribution is -0.166. The third kappa shape index (κ3) is 2.98. The van der Waals surface area contributed by atoms with Gasteiger partial charge in [-0.1, -0.05) is 60.7 Å². The highest BCUT2D eigenvalue weighted by molar-refractivity contribution is 5.74. The van der Waals surface area contributed by atoms with E-state index in [1.165, 1.54) is 0 Å². The SMILES string of the molecule is O=C1OC(c2ccccc2)CCC1C(O)c1ccccc1. The first-order valence-corrected chi connectivity index (χ1v) is 7.24. The molecule has 1 saturated heterocycles. The van der Waals surface area contributed by atoms with Crippen LogP contribution in [-0.4, -0.2) is 11.1 Å². The van der Waals surface area contributed by atoms with Crippen molar-refractivity contribution in [3.05, 3.63) is 71.8 Å². The van der Waals surface area contributed by atoms with Crippen LogP contribution in [0.4, 0.5) is 0 Å². The van der Waals surface area contributed by atoms with Crippen molar-refractivity contribution < 1.29 is 14.6 Å². The Labute approximate surface area is 124 Å². The van der Waals surface area contributed by atoms with Crippen molar-refractivity contribution in [2.75, 3.05) is 0 Å². The number of carbonyl (C=O) groups excluding carboxylic acids is 1. The number of esters is 1. The van der Waals surface area contributed by atoms with Gasteiger partial charge in [-0.3, -0.25) is 4.79 Å². The second kappa shape index (κ2) is 6.10. The predicted octanol–water partition coefficient (Wildman–Crippen LogP) is 3.41. The third-order valence-electron chi connectivity index (χ3n) is 3.99. The molecule has 0 amide bonds. The molecular weight excluding hydrogens is 264 g/mol. The van der Waals surface area contributed by atoms with Gasteiger partial charge in [0.1, 0.15) is 6.10 Å². The van der Waals surface area contributed by atoms with Crippen LogP contribution < -0.4 is 0 Å². The molecule has 21 heavy (non-hydrogen) atoms. The zero-order chi connectivity index (χ0) is 14.7. The summed E-state index contributed by atoms with van der Waals surface area (Å²) in [7, 11) is 0. The quantitative estimate of drug-likeness (QED) is 0.877. The summed E-state index contributed by atoms with van der Waals surface area (Å²) in [4.78, 5) is 12.2. The highest BCUT2D eigenvalue weighted by Gasteiger charge is 2.36. The van der Waals surface area contributed by atoms with Crippen LogP contribution >= 0.6 is 0 Å². The van der Waals surface area contributed by atoms with Crippen molar-refractivity contribution in [1.29, 1.82) is 0 Å². The first kappa shape index (κ1) is 13.8. The Kier molecular flexibility index (Phi) is 4.02. The van der Waals surface area contributed by atoms with Crippen molar-refractivity contribution in [2.45, 2.75) is 25.0 Å². The van der Waals surface area contributed by atoms with Gasteiger partial charge in [0, 0.05) is 0 Å². The van der Waals surface area contributed by atoms with Crippen LogP contribution in [0.25, 0.3) is 0 Å². The van der Waals surface area contributed by atoms with Crippen molar-refractivity contribution in [1.82, 2.24) is 0 Å². The Bertz CT molecular complexity index is 594. The van der Waals surface area contributed by atoms with Crippen LogP contribution in [0.2, 0.25) is 0 Å². The van der Waals surface area contributed by atoms with Gasteiger partial charge in [0.2, 0.25) is 0 Å². The number of cyclic esters (lactones) is 1. The Morgan fingerprint density at radius 1 is 0.952 bits per heavy atom. The standard InChI is InChI=1S/C18H18O3/c19-17(14-9-5-2-6-10-14)15-11-12-16(21-18(15)20)13-7-3-1-4-8-13/h1-10,15-17,19H,11-12H2. The number of hydrogen-bond donors (Lipinski definition) is 1. The topological polar surface area (TPSA) is 46.5 Å². The zero-order valence-electron chi connectivity index (χ0n) is 11.7.